The molecule has 2 atom stereocenters. The summed E-state index contributed by atoms with van der Waals surface area (Å²) < 4.78 is 5.70. The zero-order valence-corrected chi connectivity index (χ0v) is 14.1. The molecule has 1 heteroatoms. The highest BCUT2D eigenvalue weighted by molar-refractivity contribution is 5.02. The van der Waals surface area contributed by atoms with E-state index in [1.165, 1.54) is 70.6 Å². The van der Waals surface area contributed by atoms with E-state index in [9.17, 15) is 0 Å². The van der Waals surface area contributed by atoms with Gasteiger partial charge in [-0.1, -0.05) is 84.3 Å². The molecule has 20 heavy (non-hydrogen) atoms. The molecule has 1 nitrogen and oxygen atoms in total. The fourth-order valence-electron chi connectivity index (χ4n) is 2.70. The van der Waals surface area contributed by atoms with Gasteiger partial charge >= 0.3 is 0 Å². The quantitative estimate of drug-likeness (QED) is 0.220. The SMILES string of the molecule is CCCCCCCCCCC1OC1C=CCCC(C)C. The molecule has 118 valence electrons. The van der Waals surface area contributed by atoms with Crippen molar-refractivity contribution in [1.29, 1.82) is 0 Å². The molecule has 1 heterocycles. The molecule has 0 aliphatic carbocycles. The molecule has 0 amide bonds. The largest absolute Gasteiger partial charge is 0.365 e. The molecular weight excluding hydrogens is 244 g/mol. The summed E-state index contributed by atoms with van der Waals surface area (Å²) in [5.41, 5.74) is 0. The van der Waals surface area contributed by atoms with Gasteiger partial charge in [0.05, 0.1) is 6.10 Å². The molecule has 0 bridgehead atoms. The summed E-state index contributed by atoms with van der Waals surface area (Å²) in [5, 5.41) is 0. The lowest BCUT2D eigenvalue weighted by Gasteiger charge is -2.00. The van der Waals surface area contributed by atoms with Crippen LogP contribution in [-0.2, 0) is 4.74 Å². The minimum Gasteiger partial charge on any atom is -0.365 e. The van der Waals surface area contributed by atoms with Gasteiger partial charge in [-0.25, -0.2) is 0 Å². The van der Waals surface area contributed by atoms with E-state index >= 15 is 0 Å². The molecule has 0 aromatic carbocycles. The minimum absolute atomic E-state index is 0.451. The van der Waals surface area contributed by atoms with Crippen LogP contribution in [0.4, 0.5) is 0 Å². The van der Waals surface area contributed by atoms with Gasteiger partial charge in [-0.05, 0) is 25.2 Å². The predicted octanol–water partition coefficient (Wildman–Crippen LogP) is 6.28. The summed E-state index contributed by atoms with van der Waals surface area (Å²) in [7, 11) is 0. The second-order valence-electron chi connectivity index (χ2n) is 6.80. The van der Waals surface area contributed by atoms with Crippen molar-refractivity contribution in [3.05, 3.63) is 12.2 Å². The van der Waals surface area contributed by atoms with Crippen molar-refractivity contribution in [1.82, 2.24) is 0 Å². The molecule has 0 N–H and O–H groups in total. The first-order valence-corrected chi connectivity index (χ1v) is 9.06. The van der Waals surface area contributed by atoms with Gasteiger partial charge in [0.1, 0.15) is 6.10 Å². The Kier molecular flexibility index (Phi) is 10.1. The van der Waals surface area contributed by atoms with Crippen molar-refractivity contribution in [2.24, 2.45) is 5.92 Å². The van der Waals surface area contributed by atoms with E-state index in [0.717, 1.165) is 5.92 Å². The number of allylic oxidation sites excluding steroid dienone is 1. The second-order valence-corrected chi connectivity index (χ2v) is 6.80. The molecule has 1 rings (SSSR count). The average Bonchev–Trinajstić information content (AvgIpc) is 3.16. The molecule has 1 fully saturated rings. The summed E-state index contributed by atoms with van der Waals surface area (Å²) in [5.74, 6) is 0.813. The fourth-order valence-corrected chi connectivity index (χ4v) is 2.70. The van der Waals surface area contributed by atoms with Crippen LogP contribution in [0.3, 0.4) is 0 Å². The zero-order valence-electron chi connectivity index (χ0n) is 14.1. The number of epoxide rings is 1. The third-order valence-corrected chi connectivity index (χ3v) is 4.20. The summed E-state index contributed by atoms with van der Waals surface area (Å²) in [6, 6.07) is 0. The minimum atomic E-state index is 0.451. The summed E-state index contributed by atoms with van der Waals surface area (Å²) in [4.78, 5) is 0. The molecule has 1 aliphatic heterocycles. The summed E-state index contributed by atoms with van der Waals surface area (Å²) >= 11 is 0. The van der Waals surface area contributed by atoms with Crippen LogP contribution in [0.25, 0.3) is 0 Å². The normalized spacial score (nSPS) is 22.0. The first-order chi connectivity index (χ1) is 9.74. The lowest BCUT2D eigenvalue weighted by molar-refractivity contribution is 0.372. The standard InChI is InChI=1S/C19H36O/c1-4-5-6-7-8-9-10-11-15-18-19(20-18)16-13-12-14-17(2)3/h13,16-19H,4-12,14-15H2,1-3H3. The number of hydrogen-bond donors (Lipinski definition) is 0. The highest BCUT2D eigenvalue weighted by atomic mass is 16.6. The monoisotopic (exact) mass is 280 g/mol. The number of rotatable bonds is 13. The smallest absolute Gasteiger partial charge is 0.102 e. The van der Waals surface area contributed by atoms with E-state index in [0.29, 0.717) is 12.2 Å². The Bertz CT molecular complexity index is 244. The maximum Gasteiger partial charge on any atom is 0.102 e. The maximum atomic E-state index is 5.70. The molecule has 0 saturated carbocycles. The van der Waals surface area contributed by atoms with Gasteiger partial charge in [0.15, 0.2) is 0 Å². The van der Waals surface area contributed by atoms with Gasteiger partial charge in [-0.3, -0.25) is 0 Å². The summed E-state index contributed by atoms with van der Waals surface area (Å²) in [6.07, 6.45) is 20.6. The maximum absolute atomic E-state index is 5.70. The van der Waals surface area contributed by atoms with Gasteiger partial charge in [0.2, 0.25) is 0 Å². The van der Waals surface area contributed by atoms with Crippen LogP contribution in [0.5, 0.6) is 0 Å². The fraction of sp³-hybridized carbons (Fsp3) is 0.895. The van der Waals surface area contributed by atoms with Crippen LogP contribution < -0.4 is 0 Å². The van der Waals surface area contributed by atoms with Crippen molar-refractivity contribution in [3.8, 4) is 0 Å². The van der Waals surface area contributed by atoms with Gasteiger partial charge in [-0.2, -0.15) is 0 Å². The Morgan fingerprint density at radius 2 is 1.60 bits per heavy atom. The Morgan fingerprint density at radius 1 is 0.950 bits per heavy atom. The molecule has 0 spiro atoms. The van der Waals surface area contributed by atoms with E-state index in [1.54, 1.807) is 0 Å². The van der Waals surface area contributed by atoms with Crippen molar-refractivity contribution in [2.45, 2.75) is 104 Å². The van der Waals surface area contributed by atoms with Crippen LogP contribution in [0.2, 0.25) is 0 Å². The third kappa shape index (κ3) is 9.58. The second kappa shape index (κ2) is 11.4. The van der Waals surface area contributed by atoms with Crippen LogP contribution >= 0.6 is 0 Å². The van der Waals surface area contributed by atoms with Gasteiger partial charge in [-0.15, -0.1) is 0 Å². The highest BCUT2D eigenvalue weighted by Crippen LogP contribution is 2.29. The first-order valence-electron chi connectivity index (χ1n) is 9.06. The van der Waals surface area contributed by atoms with Gasteiger partial charge in [0.25, 0.3) is 0 Å². The number of unbranched alkanes of at least 4 members (excludes halogenated alkanes) is 7. The van der Waals surface area contributed by atoms with Crippen LogP contribution in [0, 0.1) is 5.92 Å². The van der Waals surface area contributed by atoms with Gasteiger partial charge in [0, 0.05) is 0 Å². The van der Waals surface area contributed by atoms with Crippen molar-refractivity contribution in [2.75, 3.05) is 0 Å². The summed E-state index contributed by atoms with van der Waals surface area (Å²) in [6.45, 7) is 6.85. The Morgan fingerprint density at radius 3 is 2.25 bits per heavy atom. The number of hydrogen-bond acceptors (Lipinski definition) is 1. The van der Waals surface area contributed by atoms with Crippen molar-refractivity contribution in [3.63, 3.8) is 0 Å². The molecule has 1 saturated heterocycles. The van der Waals surface area contributed by atoms with Crippen LogP contribution in [-0.4, -0.2) is 12.2 Å². The van der Waals surface area contributed by atoms with Crippen LogP contribution in [0.1, 0.15) is 91.4 Å². The molecular formula is C19H36O. The first kappa shape index (κ1) is 17.8. The zero-order chi connectivity index (χ0) is 14.6. The highest BCUT2D eigenvalue weighted by Gasteiger charge is 2.35. The van der Waals surface area contributed by atoms with Gasteiger partial charge < -0.3 is 4.74 Å². The lowest BCUT2D eigenvalue weighted by atomic mass is 10.1. The third-order valence-electron chi connectivity index (χ3n) is 4.20. The Balaban J connectivity index is 1.83. The number of ether oxygens (including phenoxy) is 1. The topological polar surface area (TPSA) is 12.5 Å². The average molecular weight is 280 g/mol. The lowest BCUT2D eigenvalue weighted by Crippen LogP contribution is -1.91. The Hall–Kier alpha value is -0.300. The van der Waals surface area contributed by atoms with E-state index in [4.69, 9.17) is 4.74 Å². The van der Waals surface area contributed by atoms with E-state index in [1.807, 2.05) is 0 Å². The van der Waals surface area contributed by atoms with Crippen LogP contribution in [0.15, 0.2) is 12.2 Å². The predicted molar refractivity (Wildman–Crippen MR) is 89.1 cm³/mol. The van der Waals surface area contributed by atoms with E-state index < -0.39 is 0 Å². The van der Waals surface area contributed by atoms with E-state index in [-0.39, 0.29) is 0 Å². The molecule has 0 aromatic rings. The molecule has 0 aromatic heterocycles. The van der Waals surface area contributed by atoms with Crippen molar-refractivity contribution >= 4 is 0 Å². The van der Waals surface area contributed by atoms with Crippen molar-refractivity contribution < 1.29 is 4.74 Å². The molecule has 0 radical (unpaired) electrons. The molecule has 2 unspecified atom stereocenters. The Labute approximate surface area is 127 Å². The van der Waals surface area contributed by atoms with E-state index in [2.05, 4.69) is 32.9 Å². The molecule has 1 aliphatic rings.